The van der Waals surface area contributed by atoms with Gasteiger partial charge in [-0.2, -0.15) is 0 Å². The third-order valence-corrected chi connectivity index (χ3v) is 5.41. The molecule has 1 saturated heterocycles. The summed E-state index contributed by atoms with van der Waals surface area (Å²) in [5, 5.41) is 13.9. The molecule has 1 unspecified atom stereocenters. The Bertz CT molecular complexity index is 868. The van der Waals surface area contributed by atoms with Crippen LogP contribution in [0.15, 0.2) is 34.5 Å². The van der Waals surface area contributed by atoms with Gasteiger partial charge < -0.3 is 20.9 Å². The largest absolute Gasteiger partial charge is 0.506 e. The number of nitrogens with zero attached hydrogens (tertiary/aromatic N) is 2. The predicted molar refractivity (Wildman–Crippen MR) is 119 cm³/mol. The number of benzene rings is 1. The molecular weight excluding hydrogens is 380 g/mol. The quantitative estimate of drug-likeness (QED) is 0.683. The molecule has 2 aliphatic rings. The van der Waals surface area contributed by atoms with Crippen molar-refractivity contribution in [2.75, 3.05) is 19.6 Å². The molecule has 4 N–H and O–H groups in total. The summed E-state index contributed by atoms with van der Waals surface area (Å²) < 4.78 is 5.63. The third kappa shape index (κ3) is 4.95. The van der Waals surface area contributed by atoms with Crippen molar-refractivity contribution in [1.82, 2.24) is 10.2 Å². The lowest BCUT2D eigenvalue weighted by atomic mass is 9.91. The normalized spacial score (nSPS) is 21.6. The van der Waals surface area contributed by atoms with Gasteiger partial charge in [-0.15, -0.1) is 0 Å². The zero-order valence-corrected chi connectivity index (χ0v) is 18.7. The number of likely N-dealkylation sites (tertiary alicyclic amines) is 1. The molecule has 0 radical (unpaired) electrons. The van der Waals surface area contributed by atoms with Crippen molar-refractivity contribution in [2.45, 2.75) is 65.0 Å². The number of phenolic OH excluding ortho intramolecular Hbond substituents is 1. The smallest absolute Gasteiger partial charge is 0.410 e. The zero-order chi connectivity index (χ0) is 22.1. The highest BCUT2D eigenvalue weighted by molar-refractivity contribution is 6.05. The van der Waals surface area contributed by atoms with Crippen molar-refractivity contribution in [2.24, 2.45) is 10.7 Å². The number of ether oxygens (including phenoxy) is 1. The van der Waals surface area contributed by atoms with Gasteiger partial charge in [0.2, 0.25) is 0 Å². The predicted octanol–water partition coefficient (Wildman–Crippen LogP) is 3.80. The lowest BCUT2D eigenvalue weighted by Gasteiger charge is -2.39. The maximum Gasteiger partial charge on any atom is 0.410 e. The number of amides is 1. The van der Waals surface area contributed by atoms with Crippen LogP contribution in [-0.4, -0.2) is 53.1 Å². The second kappa shape index (κ2) is 8.68. The average Bonchev–Trinajstić information content (AvgIpc) is 2.84. The minimum Gasteiger partial charge on any atom is -0.506 e. The molecule has 0 spiro atoms. The van der Waals surface area contributed by atoms with Crippen molar-refractivity contribution < 1.29 is 14.6 Å². The van der Waals surface area contributed by atoms with Gasteiger partial charge in [0, 0.05) is 37.3 Å². The molecule has 2 heterocycles. The van der Waals surface area contributed by atoms with E-state index in [1.807, 2.05) is 32.9 Å². The number of nitrogens with one attached hydrogen (secondary N) is 1. The summed E-state index contributed by atoms with van der Waals surface area (Å²) in [6.45, 7) is 11.6. The lowest BCUT2D eigenvalue weighted by molar-refractivity contribution is 0.0191. The number of rotatable bonds is 2. The molecule has 7 heteroatoms. The van der Waals surface area contributed by atoms with Crippen LogP contribution in [0.1, 0.15) is 58.9 Å². The first-order valence-electron chi connectivity index (χ1n) is 10.7. The van der Waals surface area contributed by atoms with Gasteiger partial charge >= 0.3 is 6.09 Å². The molecule has 0 aliphatic carbocycles. The summed E-state index contributed by atoms with van der Waals surface area (Å²) in [6, 6.07) is 5.36. The van der Waals surface area contributed by atoms with Crippen molar-refractivity contribution in [1.29, 1.82) is 0 Å². The number of fused-ring (bicyclic) bond motifs is 1. The van der Waals surface area contributed by atoms with Gasteiger partial charge in [0.15, 0.2) is 0 Å². The van der Waals surface area contributed by atoms with Crippen LogP contribution in [0, 0.1) is 0 Å². The van der Waals surface area contributed by atoms with E-state index in [0.717, 1.165) is 29.1 Å². The molecule has 1 amide bonds. The molecule has 164 valence electrons. The Morgan fingerprint density at radius 3 is 2.70 bits per heavy atom. The summed E-state index contributed by atoms with van der Waals surface area (Å²) in [4.78, 5) is 19.4. The molecule has 1 fully saturated rings. The van der Waals surface area contributed by atoms with E-state index in [1.54, 1.807) is 11.0 Å². The molecular formula is C23H34N4O3. The van der Waals surface area contributed by atoms with E-state index in [1.165, 1.54) is 0 Å². The zero-order valence-electron chi connectivity index (χ0n) is 18.7. The number of carbonyl (C=O) groups is 1. The first-order valence-corrected chi connectivity index (χ1v) is 10.7. The highest BCUT2D eigenvalue weighted by atomic mass is 16.6. The molecule has 2 aliphatic heterocycles. The van der Waals surface area contributed by atoms with Crippen LogP contribution in [-0.2, 0) is 4.74 Å². The fourth-order valence-electron chi connectivity index (χ4n) is 3.87. The Balaban J connectivity index is 1.96. The van der Waals surface area contributed by atoms with Crippen LogP contribution in [0.2, 0.25) is 0 Å². The summed E-state index contributed by atoms with van der Waals surface area (Å²) in [7, 11) is 0. The first kappa shape index (κ1) is 22.2. The summed E-state index contributed by atoms with van der Waals surface area (Å²) in [6.07, 6.45) is 0.896. The molecule has 0 bridgehead atoms. The maximum atomic E-state index is 12.8. The number of piperidine rings is 1. The molecule has 3 rings (SSSR count). The molecule has 30 heavy (non-hydrogen) atoms. The van der Waals surface area contributed by atoms with E-state index in [4.69, 9.17) is 15.5 Å². The summed E-state index contributed by atoms with van der Waals surface area (Å²) in [5.74, 6) is 0.482. The van der Waals surface area contributed by atoms with Gasteiger partial charge in [-0.05, 0) is 50.8 Å². The topological polar surface area (TPSA) is 100 Å². The third-order valence-electron chi connectivity index (χ3n) is 5.41. The van der Waals surface area contributed by atoms with Crippen molar-refractivity contribution >= 4 is 17.5 Å². The summed E-state index contributed by atoms with van der Waals surface area (Å²) in [5.41, 5.74) is 9.90. The van der Waals surface area contributed by atoms with Crippen LogP contribution in [0.4, 0.5) is 10.5 Å². The highest BCUT2D eigenvalue weighted by Crippen LogP contribution is 2.34. The Morgan fingerprint density at radius 2 is 2.07 bits per heavy atom. The van der Waals surface area contributed by atoms with Gasteiger partial charge in [-0.1, -0.05) is 19.9 Å². The van der Waals surface area contributed by atoms with Crippen LogP contribution < -0.4 is 11.1 Å². The minimum absolute atomic E-state index is 0.158. The van der Waals surface area contributed by atoms with E-state index in [-0.39, 0.29) is 17.9 Å². The number of phenols is 1. The Hall–Kier alpha value is -2.54. The van der Waals surface area contributed by atoms with Gasteiger partial charge in [-0.25, -0.2) is 9.79 Å². The average molecular weight is 415 g/mol. The SMILES string of the molecule is CC(C)c1ccc(N=C2CCN(C(=O)OC(C)(C)C)C3CNCCC(N)=C23)c(O)c1. The standard InChI is InChI=1S/C23H34N4O3/c1-14(2)15-6-7-17(20(28)12-15)26-18-9-11-27(22(29)30-23(3,4)5)19-13-25-10-8-16(24)21(18)19/h6-7,12,14,19,25,28H,8-11,13,24H2,1-5H3. The fraction of sp³-hybridized carbons (Fsp3) is 0.565. The number of hydrogen-bond donors (Lipinski definition) is 3. The van der Waals surface area contributed by atoms with E-state index < -0.39 is 5.60 Å². The Labute approximate surface area is 179 Å². The number of hydrogen-bond acceptors (Lipinski definition) is 6. The minimum atomic E-state index is -0.566. The Morgan fingerprint density at radius 1 is 1.33 bits per heavy atom. The van der Waals surface area contributed by atoms with E-state index >= 15 is 0 Å². The summed E-state index contributed by atoms with van der Waals surface area (Å²) >= 11 is 0. The van der Waals surface area contributed by atoms with Gasteiger partial charge in [0.1, 0.15) is 17.0 Å². The van der Waals surface area contributed by atoms with Crippen LogP contribution in [0.3, 0.4) is 0 Å². The molecule has 0 saturated carbocycles. The highest BCUT2D eigenvalue weighted by Gasteiger charge is 2.38. The molecule has 0 aromatic heterocycles. The van der Waals surface area contributed by atoms with Crippen LogP contribution in [0.25, 0.3) is 0 Å². The maximum absolute atomic E-state index is 12.8. The number of aromatic hydroxyl groups is 1. The van der Waals surface area contributed by atoms with Crippen LogP contribution >= 0.6 is 0 Å². The van der Waals surface area contributed by atoms with Crippen molar-refractivity contribution in [3.8, 4) is 5.75 Å². The fourth-order valence-corrected chi connectivity index (χ4v) is 3.87. The van der Waals surface area contributed by atoms with Gasteiger partial charge in [0.05, 0.1) is 11.8 Å². The molecule has 1 atom stereocenters. The number of carbonyl (C=O) groups excluding carboxylic acids is 1. The lowest BCUT2D eigenvalue weighted by Crippen LogP contribution is -2.53. The monoisotopic (exact) mass is 414 g/mol. The van der Waals surface area contributed by atoms with E-state index in [9.17, 15) is 9.90 Å². The Kier molecular flexibility index (Phi) is 6.41. The number of nitrogens with two attached hydrogens (primary N) is 1. The van der Waals surface area contributed by atoms with E-state index in [0.29, 0.717) is 37.5 Å². The van der Waals surface area contributed by atoms with Gasteiger partial charge in [-0.3, -0.25) is 4.90 Å². The second-order valence-electron chi connectivity index (χ2n) is 9.29. The van der Waals surface area contributed by atoms with E-state index in [2.05, 4.69) is 19.2 Å². The first-order chi connectivity index (χ1) is 14.1. The molecule has 1 aromatic rings. The van der Waals surface area contributed by atoms with Gasteiger partial charge in [0.25, 0.3) is 0 Å². The molecule has 7 nitrogen and oxygen atoms in total. The second-order valence-corrected chi connectivity index (χ2v) is 9.29. The van der Waals surface area contributed by atoms with Crippen molar-refractivity contribution in [3.63, 3.8) is 0 Å². The van der Waals surface area contributed by atoms with Crippen LogP contribution in [0.5, 0.6) is 5.75 Å². The number of aliphatic imine (C=N–C) groups is 1. The molecule has 1 aromatic carbocycles. The van der Waals surface area contributed by atoms with Crippen molar-refractivity contribution in [3.05, 3.63) is 35.0 Å².